The Balaban J connectivity index is 0.00000231. The molecule has 0 aliphatic carbocycles. The summed E-state index contributed by atoms with van der Waals surface area (Å²) in [6, 6.07) is 14.6. The van der Waals surface area contributed by atoms with E-state index in [1.165, 1.54) is 11.1 Å². The average Bonchev–Trinajstić information content (AvgIpc) is 2.95. The molecule has 2 aliphatic rings. The van der Waals surface area contributed by atoms with Gasteiger partial charge in [0.05, 0.1) is 5.92 Å². The fourth-order valence-electron chi connectivity index (χ4n) is 5.51. The molecule has 1 unspecified atom stereocenters. The van der Waals surface area contributed by atoms with Crippen LogP contribution in [-0.2, 0) is 11.3 Å². The van der Waals surface area contributed by atoms with Crippen LogP contribution in [0.1, 0.15) is 48.3 Å². The predicted molar refractivity (Wildman–Crippen MR) is 160 cm³/mol. The summed E-state index contributed by atoms with van der Waals surface area (Å²) in [5, 5.41) is 6.44. The molecule has 2 aliphatic heterocycles. The maximum Gasteiger partial charge on any atom is 0.228 e. The quantitative estimate of drug-likeness (QED) is 0.275. The van der Waals surface area contributed by atoms with Crippen LogP contribution in [0.25, 0.3) is 0 Å². The Morgan fingerprint density at radius 2 is 1.66 bits per heavy atom. The van der Waals surface area contributed by atoms with E-state index in [0.29, 0.717) is 23.8 Å². The zero-order valence-corrected chi connectivity index (χ0v) is 24.6. The van der Waals surface area contributed by atoms with Crippen LogP contribution in [0, 0.1) is 30.3 Å². The molecule has 2 N–H and O–H groups in total. The summed E-state index contributed by atoms with van der Waals surface area (Å²) in [5.41, 5.74) is 4.52. The van der Waals surface area contributed by atoms with E-state index in [-0.39, 0.29) is 42.4 Å². The van der Waals surface area contributed by atoms with E-state index in [0.717, 1.165) is 69.7 Å². The number of carbonyl (C=O) groups is 1. The predicted octanol–water partition coefficient (Wildman–Crippen LogP) is 7.37. The fraction of sp³-hybridized carbons (Fsp3) is 0.387. The number of halogens is 5. The van der Waals surface area contributed by atoms with Crippen molar-refractivity contribution >= 4 is 36.4 Å². The number of nitrogens with one attached hydrogen (secondary N) is 2. The minimum Gasteiger partial charge on any atom is -0.454 e. The lowest BCUT2D eigenvalue weighted by Gasteiger charge is -2.33. The van der Waals surface area contributed by atoms with E-state index in [9.17, 15) is 18.0 Å². The Kier molecular flexibility index (Phi) is 11.9. The molecule has 0 bridgehead atoms. The fourth-order valence-corrected chi connectivity index (χ4v) is 5.51. The lowest BCUT2D eigenvalue weighted by atomic mass is 9.86. The van der Waals surface area contributed by atoms with Crippen molar-refractivity contribution in [3.8, 4) is 11.5 Å². The van der Waals surface area contributed by atoms with E-state index < -0.39 is 17.5 Å². The summed E-state index contributed by atoms with van der Waals surface area (Å²) in [6.45, 7) is 6.54. The van der Waals surface area contributed by atoms with Gasteiger partial charge in [0.15, 0.2) is 23.2 Å². The molecule has 1 atom stereocenters. The molecule has 5 nitrogen and oxygen atoms in total. The molecule has 0 spiro atoms. The maximum absolute atomic E-state index is 13.9. The molecule has 1 amide bonds. The number of ether oxygens (including phenoxy) is 1. The van der Waals surface area contributed by atoms with E-state index >= 15 is 0 Å². The second-order valence-corrected chi connectivity index (χ2v) is 10.6. The first-order valence-electron chi connectivity index (χ1n) is 13.6. The Labute approximate surface area is 251 Å². The lowest BCUT2D eigenvalue weighted by molar-refractivity contribution is -0.120. The third-order valence-corrected chi connectivity index (χ3v) is 7.77. The molecule has 10 heteroatoms. The van der Waals surface area contributed by atoms with Crippen LogP contribution in [0.3, 0.4) is 0 Å². The summed E-state index contributed by atoms with van der Waals surface area (Å²) in [7, 11) is 0. The topological polar surface area (TPSA) is 53.6 Å². The summed E-state index contributed by atoms with van der Waals surface area (Å²) in [5.74, 6) is -2.80. The Morgan fingerprint density at radius 3 is 2.34 bits per heavy atom. The third kappa shape index (κ3) is 8.38. The van der Waals surface area contributed by atoms with Gasteiger partial charge in [-0.2, -0.15) is 0 Å². The van der Waals surface area contributed by atoms with Crippen molar-refractivity contribution in [2.45, 2.75) is 45.1 Å². The highest BCUT2D eigenvalue weighted by Gasteiger charge is 2.24. The van der Waals surface area contributed by atoms with Crippen LogP contribution in [0.2, 0.25) is 0 Å². The van der Waals surface area contributed by atoms with Crippen LogP contribution < -0.4 is 15.4 Å². The van der Waals surface area contributed by atoms with Gasteiger partial charge in [-0.3, -0.25) is 9.69 Å². The molecular weight excluding hydrogens is 574 g/mol. The van der Waals surface area contributed by atoms with Gasteiger partial charge < -0.3 is 15.4 Å². The number of hydrogen-bond acceptors (Lipinski definition) is 4. The molecule has 0 radical (unpaired) electrons. The zero-order chi connectivity index (χ0) is 27.4. The van der Waals surface area contributed by atoms with Crippen molar-refractivity contribution in [3.63, 3.8) is 0 Å². The Hall–Kier alpha value is -2.78. The number of piperidine rings is 2. The molecule has 2 saturated heterocycles. The zero-order valence-electron chi connectivity index (χ0n) is 22.9. The largest absolute Gasteiger partial charge is 0.454 e. The van der Waals surface area contributed by atoms with Crippen molar-refractivity contribution in [3.05, 3.63) is 88.7 Å². The van der Waals surface area contributed by atoms with Gasteiger partial charge >= 0.3 is 0 Å². The molecule has 2 fully saturated rings. The number of aryl methyl sites for hydroxylation is 1. The van der Waals surface area contributed by atoms with Crippen LogP contribution in [0.15, 0.2) is 54.6 Å². The SMILES string of the molecule is Cc1ccc(NC(=O)C2CCCNC2)cc1C1CCN(Cc2ccc(Oc3cc(F)c(F)cc3F)cc2)CC1.Cl.Cl. The molecule has 0 aromatic heterocycles. The van der Waals surface area contributed by atoms with Gasteiger partial charge in [0.25, 0.3) is 0 Å². The lowest BCUT2D eigenvalue weighted by Crippen LogP contribution is -2.37. The number of anilines is 1. The molecular formula is C31H36Cl2F3N3O2. The van der Waals surface area contributed by atoms with Gasteiger partial charge in [0.2, 0.25) is 5.91 Å². The van der Waals surface area contributed by atoms with Gasteiger partial charge in [-0.15, -0.1) is 24.8 Å². The first-order valence-corrected chi connectivity index (χ1v) is 13.6. The van der Waals surface area contributed by atoms with E-state index in [4.69, 9.17) is 4.74 Å². The molecule has 5 rings (SSSR count). The molecule has 0 saturated carbocycles. The first-order chi connectivity index (χ1) is 18.9. The monoisotopic (exact) mass is 609 g/mol. The Morgan fingerprint density at radius 1 is 0.951 bits per heavy atom. The first kappa shape index (κ1) is 32.7. The highest BCUT2D eigenvalue weighted by molar-refractivity contribution is 5.93. The number of carbonyl (C=O) groups excluding carboxylic acids is 1. The Bertz CT molecular complexity index is 1310. The number of hydrogen-bond donors (Lipinski definition) is 2. The minimum atomic E-state index is -1.25. The van der Waals surface area contributed by atoms with Crippen molar-refractivity contribution in [1.82, 2.24) is 10.2 Å². The summed E-state index contributed by atoms with van der Waals surface area (Å²) in [6.07, 6.45) is 4.02. The molecule has 3 aromatic carbocycles. The number of likely N-dealkylation sites (tertiary alicyclic amines) is 1. The van der Waals surface area contributed by atoms with Gasteiger partial charge in [0, 0.05) is 30.9 Å². The third-order valence-electron chi connectivity index (χ3n) is 7.77. The van der Waals surface area contributed by atoms with Gasteiger partial charge in [-0.1, -0.05) is 18.2 Å². The molecule has 222 valence electrons. The summed E-state index contributed by atoms with van der Waals surface area (Å²) >= 11 is 0. The molecule has 3 aromatic rings. The maximum atomic E-state index is 13.9. The van der Waals surface area contributed by atoms with Crippen LogP contribution in [0.4, 0.5) is 18.9 Å². The normalized spacial score (nSPS) is 17.7. The highest BCUT2D eigenvalue weighted by Crippen LogP contribution is 2.33. The van der Waals surface area contributed by atoms with Gasteiger partial charge in [0.1, 0.15) is 5.75 Å². The minimum absolute atomic E-state index is 0. The van der Waals surface area contributed by atoms with E-state index in [2.05, 4.69) is 34.6 Å². The van der Waals surface area contributed by atoms with Crippen molar-refractivity contribution in [2.75, 3.05) is 31.5 Å². The van der Waals surface area contributed by atoms with Crippen LogP contribution in [-0.4, -0.2) is 37.0 Å². The van der Waals surface area contributed by atoms with E-state index in [1.807, 2.05) is 18.2 Å². The summed E-state index contributed by atoms with van der Waals surface area (Å²) < 4.78 is 45.9. The van der Waals surface area contributed by atoms with E-state index in [1.54, 1.807) is 12.1 Å². The van der Waals surface area contributed by atoms with Crippen molar-refractivity contribution in [1.29, 1.82) is 0 Å². The smallest absolute Gasteiger partial charge is 0.228 e. The highest BCUT2D eigenvalue weighted by atomic mass is 35.5. The van der Waals surface area contributed by atoms with Crippen molar-refractivity contribution in [2.24, 2.45) is 5.92 Å². The second-order valence-electron chi connectivity index (χ2n) is 10.6. The van der Waals surface area contributed by atoms with Crippen LogP contribution in [0.5, 0.6) is 11.5 Å². The average molecular weight is 611 g/mol. The number of rotatable bonds is 7. The summed E-state index contributed by atoms with van der Waals surface area (Å²) in [4.78, 5) is 15.1. The standard InChI is InChI=1S/C31H34F3N3O2.2ClH/c1-20-4-7-24(36-31(38)23-3-2-12-35-18-23)15-26(20)22-10-13-37(14-11-22)19-21-5-8-25(9-6-21)39-30-17-28(33)27(32)16-29(30)34;;/h4-9,15-17,22-23,35H,2-3,10-14,18-19H2,1H3,(H,36,38);2*1H. The van der Waals surface area contributed by atoms with Gasteiger partial charge in [-0.05, 0) is 99.1 Å². The number of amides is 1. The van der Waals surface area contributed by atoms with Crippen molar-refractivity contribution < 1.29 is 22.7 Å². The molecule has 41 heavy (non-hydrogen) atoms. The number of benzene rings is 3. The van der Waals surface area contributed by atoms with Gasteiger partial charge in [-0.25, -0.2) is 13.2 Å². The molecule has 2 heterocycles. The second kappa shape index (κ2) is 14.9. The number of nitrogens with zero attached hydrogens (tertiary/aromatic N) is 1. The van der Waals surface area contributed by atoms with Crippen LogP contribution >= 0.6 is 24.8 Å².